The van der Waals surface area contributed by atoms with E-state index in [4.69, 9.17) is 9.15 Å². The number of alkyl carbamates (subject to hydrolysis) is 1. The van der Waals surface area contributed by atoms with Crippen molar-refractivity contribution in [1.82, 2.24) is 10.6 Å². The molecule has 4 rings (SSSR count). The number of hydrogen-bond acceptors (Lipinski definition) is 4. The van der Waals surface area contributed by atoms with Gasteiger partial charge < -0.3 is 19.8 Å². The Balaban J connectivity index is 1.41. The first kappa shape index (κ1) is 23.7. The SMILES string of the molecule is O=C(NCc1ccccc1-c1occc1C(=O)NCc1ccc(F)cc1F)OCc1ccccc1. The Hall–Kier alpha value is -4.46. The topological polar surface area (TPSA) is 80.6 Å². The number of amides is 2. The van der Waals surface area contributed by atoms with Crippen molar-refractivity contribution in [3.63, 3.8) is 0 Å². The van der Waals surface area contributed by atoms with E-state index < -0.39 is 23.6 Å². The van der Waals surface area contributed by atoms with Crippen molar-refractivity contribution in [3.05, 3.63) is 119 Å². The largest absolute Gasteiger partial charge is 0.463 e. The lowest BCUT2D eigenvalue weighted by Gasteiger charge is -2.11. The summed E-state index contributed by atoms with van der Waals surface area (Å²) in [6.45, 7) is 0.170. The lowest BCUT2D eigenvalue weighted by molar-refractivity contribution is 0.0950. The van der Waals surface area contributed by atoms with Crippen LogP contribution in [0.15, 0.2) is 89.5 Å². The average molecular weight is 476 g/mol. The summed E-state index contributed by atoms with van der Waals surface area (Å²) in [5.74, 6) is -1.61. The number of nitrogens with one attached hydrogen (secondary N) is 2. The molecule has 4 aromatic rings. The van der Waals surface area contributed by atoms with E-state index >= 15 is 0 Å². The van der Waals surface area contributed by atoms with Crippen LogP contribution in [0.25, 0.3) is 11.3 Å². The van der Waals surface area contributed by atoms with Gasteiger partial charge in [0, 0.05) is 30.3 Å². The zero-order valence-corrected chi connectivity index (χ0v) is 18.6. The van der Waals surface area contributed by atoms with Crippen LogP contribution in [0.3, 0.4) is 0 Å². The summed E-state index contributed by atoms with van der Waals surface area (Å²) in [4.78, 5) is 24.9. The highest BCUT2D eigenvalue weighted by Gasteiger charge is 2.19. The van der Waals surface area contributed by atoms with E-state index in [-0.39, 0.29) is 30.8 Å². The second-order valence-electron chi connectivity index (χ2n) is 7.65. The van der Waals surface area contributed by atoms with E-state index in [2.05, 4.69) is 10.6 Å². The van der Waals surface area contributed by atoms with Crippen molar-refractivity contribution < 1.29 is 27.5 Å². The van der Waals surface area contributed by atoms with Crippen LogP contribution in [0.1, 0.15) is 27.0 Å². The maximum Gasteiger partial charge on any atom is 0.407 e. The third-order valence-electron chi connectivity index (χ3n) is 5.26. The molecule has 8 heteroatoms. The number of rotatable bonds is 8. The van der Waals surface area contributed by atoms with Crippen molar-refractivity contribution in [2.45, 2.75) is 19.7 Å². The van der Waals surface area contributed by atoms with E-state index in [1.807, 2.05) is 30.3 Å². The Kier molecular flexibility index (Phi) is 7.52. The molecule has 0 unspecified atom stereocenters. The van der Waals surface area contributed by atoms with Crippen molar-refractivity contribution >= 4 is 12.0 Å². The molecule has 1 aromatic heterocycles. The number of halogens is 2. The van der Waals surface area contributed by atoms with Crippen LogP contribution in [0.2, 0.25) is 0 Å². The summed E-state index contributed by atoms with van der Waals surface area (Å²) in [5, 5.41) is 5.32. The number of benzene rings is 3. The van der Waals surface area contributed by atoms with Crippen molar-refractivity contribution in [2.75, 3.05) is 0 Å². The highest BCUT2D eigenvalue weighted by molar-refractivity contribution is 5.99. The first-order valence-corrected chi connectivity index (χ1v) is 10.8. The van der Waals surface area contributed by atoms with Gasteiger partial charge in [-0.15, -0.1) is 0 Å². The fourth-order valence-corrected chi connectivity index (χ4v) is 3.47. The minimum atomic E-state index is -0.742. The molecule has 0 radical (unpaired) electrons. The van der Waals surface area contributed by atoms with Crippen LogP contribution in [-0.2, 0) is 24.4 Å². The molecule has 6 nitrogen and oxygen atoms in total. The van der Waals surface area contributed by atoms with E-state index in [1.54, 1.807) is 24.3 Å². The molecule has 2 N–H and O–H groups in total. The molecular formula is C27H22F2N2O4. The molecule has 3 aromatic carbocycles. The molecular weight excluding hydrogens is 454 g/mol. The molecule has 0 fully saturated rings. The lowest BCUT2D eigenvalue weighted by atomic mass is 10.0. The monoisotopic (exact) mass is 476 g/mol. The minimum absolute atomic E-state index is 0.119. The molecule has 0 bridgehead atoms. The Labute approximate surface area is 200 Å². The van der Waals surface area contributed by atoms with Gasteiger partial charge in [0.1, 0.15) is 24.0 Å². The van der Waals surface area contributed by atoms with Crippen molar-refractivity contribution in [3.8, 4) is 11.3 Å². The van der Waals surface area contributed by atoms with E-state index in [1.165, 1.54) is 18.4 Å². The van der Waals surface area contributed by atoms with Gasteiger partial charge in [0.05, 0.1) is 11.8 Å². The molecule has 1 heterocycles. The minimum Gasteiger partial charge on any atom is -0.463 e. The van der Waals surface area contributed by atoms with Crippen LogP contribution in [-0.4, -0.2) is 12.0 Å². The zero-order chi connectivity index (χ0) is 24.6. The predicted molar refractivity (Wildman–Crippen MR) is 125 cm³/mol. The van der Waals surface area contributed by atoms with Crippen molar-refractivity contribution in [2.24, 2.45) is 0 Å². The second kappa shape index (κ2) is 11.1. The zero-order valence-electron chi connectivity index (χ0n) is 18.6. The maximum absolute atomic E-state index is 13.9. The molecule has 178 valence electrons. The Bertz CT molecular complexity index is 1320. The summed E-state index contributed by atoms with van der Waals surface area (Å²) in [6, 6.07) is 21.1. The molecule has 35 heavy (non-hydrogen) atoms. The van der Waals surface area contributed by atoms with Gasteiger partial charge in [-0.3, -0.25) is 4.79 Å². The number of hydrogen-bond donors (Lipinski definition) is 2. The van der Waals surface area contributed by atoms with Crippen LogP contribution < -0.4 is 10.6 Å². The first-order chi connectivity index (χ1) is 17.0. The average Bonchev–Trinajstić information content (AvgIpc) is 3.36. The highest BCUT2D eigenvalue weighted by atomic mass is 19.1. The summed E-state index contributed by atoms with van der Waals surface area (Å²) in [7, 11) is 0. The molecule has 0 saturated carbocycles. The van der Waals surface area contributed by atoms with Crippen LogP contribution in [0.5, 0.6) is 0 Å². The summed E-state index contributed by atoms with van der Waals surface area (Å²) in [6.07, 6.45) is 0.795. The molecule has 0 atom stereocenters. The Morgan fingerprint density at radius 1 is 0.829 bits per heavy atom. The molecule has 0 saturated heterocycles. The van der Waals surface area contributed by atoms with Crippen molar-refractivity contribution in [1.29, 1.82) is 0 Å². The van der Waals surface area contributed by atoms with Gasteiger partial charge in [0.15, 0.2) is 0 Å². The standard InChI is InChI=1S/C27H22F2N2O4/c28-21-11-10-20(24(29)14-21)16-30-26(32)23-12-13-34-25(23)22-9-5-4-8-19(22)15-31-27(33)35-17-18-6-2-1-3-7-18/h1-14H,15-17H2,(H,30,32)(H,31,33). The van der Waals surface area contributed by atoms with Gasteiger partial charge >= 0.3 is 6.09 Å². The van der Waals surface area contributed by atoms with E-state index in [9.17, 15) is 18.4 Å². The Morgan fingerprint density at radius 2 is 1.57 bits per heavy atom. The van der Waals surface area contributed by atoms with Crippen LogP contribution in [0.4, 0.5) is 13.6 Å². The number of carbonyl (C=O) groups excluding carboxylic acids is 2. The summed E-state index contributed by atoms with van der Waals surface area (Å²) in [5.41, 5.74) is 2.58. The Morgan fingerprint density at radius 3 is 2.37 bits per heavy atom. The van der Waals surface area contributed by atoms with Gasteiger partial charge in [-0.2, -0.15) is 0 Å². The van der Waals surface area contributed by atoms with Crippen LogP contribution >= 0.6 is 0 Å². The number of ether oxygens (including phenoxy) is 1. The predicted octanol–water partition coefficient (Wildman–Crippen LogP) is 5.58. The maximum atomic E-state index is 13.9. The fourth-order valence-electron chi connectivity index (χ4n) is 3.47. The number of furan rings is 1. The van der Waals surface area contributed by atoms with Gasteiger partial charge in [-0.1, -0.05) is 60.7 Å². The third-order valence-corrected chi connectivity index (χ3v) is 5.26. The van der Waals surface area contributed by atoms with Gasteiger partial charge in [-0.25, -0.2) is 13.6 Å². The fraction of sp³-hybridized carbons (Fsp3) is 0.111. The van der Waals surface area contributed by atoms with E-state index in [0.717, 1.165) is 17.7 Å². The lowest BCUT2D eigenvalue weighted by Crippen LogP contribution is -2.24. The number of carbonyl (C=O) groups is 2. The first-order valence-electron chi connectivity index (χ1n) is 10.8. The second-order valence-corrected chi connectivity index (χ2v) is 7.65. The molecule has 0 spiro atoms. The van der Waals surface area contributed by atoms with E-state index in [0.29, 0.717) is 16.9 Å². The smallest absolute Gasteiger partial charge is 0.407 e. The highest BCUT2D eigenvalue weighted by Crippen LogP contribution is 2.28. The molecule has 0 aliphatic carbocycles. The molecule has 2 amide bonds. The normalized spacial score (nSPS) is 10.6. The molecule has 0 aliphatic heterocycles. The summed E-state index contributed by atoms with van der Waals surface area (Å²) < 4.78 is 37.8. The van der Waals surface area contributed by atoms with Gasteiger partial charge in [0.25, 0.3) is 5.91 Å². The summed E-state index contributed by atoms with van der Waals surface area (Å²) >= 11 is 0. The van der Waals surface area contributed by atoms with Gasteiger partial charge in [0.2, 0.25) is 0 Å². The van der Waals surface area contributed by atoms with Crippen LogP contribution in [0, 0.1) is 11.6 Å². The third kappa shape index (κ3) is 6.11. The molecule has 0 aliphatic rings. The van der Waals surface area contributed by atoms with Gasteiger partial charge in [-0.05, 0) is 23.3 Å². The quantitative estimate of drug-likeness (QED) is 0.348.